The molecule has 0 aromatic heterocycles. The summed E-state index contributed by atoms with van der Waals surface area (Å²) in [5.41, 5.74) is 0.668. The fourth-order valence-corrected chi connectivity index (χ4v) is 2.42. The van der Waals surface area contributed by atoms with E-state index in [9.17, 15) is 13.2 Å². The van der Waals surface area contributed by atoms with Crippen molar-refractivity contribution >= 4 is 0 Å². The van der Waals surface area contributed by atoms with Gasteiger partial charge in [0.05, 0.1) is 0 Å². The number of hydrogen-bond donors (Lipinski definition) is 1. The van der Waals surface area contributed by atoms with Gasteiger partial charge in [-0.05, 0) is 48.9 Å². The Labute approximate surface area is 117 Å². The summed E-state index contributed by atoms with van der Waals surface area (Å²) >= 11 is 0. The van der Waals surface area contributed by atoms with E-state index in [0.717, 1.165) is 19.5 Å². The molecule has 1 aromatic rings. The molecule has 0 spiro atoms. The summed E-state index contributed by atoms with van der Waals surface area (Å²) in [6.07, 6.45) is -3.71. The fourth-order valence-electron chi connectivity index (χ4n) is 2.42. The summed E-state index contributed by atoms with van der Waals surface area (Å²) in [5, 5.41) is 3.35. The Bertz CT molecular complexity index is 445. The third-order valence-corrected chi connectivity index (χ3v) is 3.43. The van der Waals surface area contributed by atoms with Crippen LogP contribution in [0.4, 0.5) is 13.2 Å². The molecule has 20 heavy (non-hydrogen) atoms. The van der Waals surface area contributed by atoms with Crippen molar-refractivity contribution in [3.05, 3.63) is 29.8 Å². The summed E-state index contributed by atoms with van der Waals surface area (Å²) in [7, 11) is 0. The number of alkyl halides is 3. The number of benzene rings is 1. The first-order valence-corrected chi connectivity index (χ1v) is 6.92. The van der Waals surface area contributed by atoms with E-state index in [1.165, 1.54) is 6.07 Å². The van der Waals surface area contributed by atoms with Crippen molar-refractivity contribution < 1.29 is 17.9 Å². The summed E-state index contributed by atoms with van der Waals surface area (Å²) in [6, 6.07) is 6.45. The minimum atomic E-state index is -4.63. The predicted molar refractivity (Wildman–Crippen MR) is 71.7 cm³/mol. The average Bonchev–Trinajstić information content (AvgIpc) is 3.06. The fraction of sp³-hybridized carbons (Fsp3) is 0.600. The Hall–Kier alpha value is -1.23. The van der Waals surface area contributed by atoms with Gasteiger partial charge < -0.3 is 10.1 Å². The molecule has 0 saturated heterocycles. The van der Waals surface area contributed by atoms with E-state index < -0.39 is 6.36 Å². The topological polar surface area (TPSA) is 21.3 Å². The molecule has 0 heterocycles. The molecule has 5 heteroatoms. The van der Waals surface area contributed by atoms with Crippen molar-refractivity contribution in [2.24, 2.45) is 11.8 Å². The van der Waals surface area contributed by atoms with Crippen LogP contribution in [-0.4, -0.2) is 19.5 Å². The van der Waals surface area contributed by atoms with Gasteiger partial charge in [-0.2, -0.15) is 0 Å². The molecule has 112 valence electrons. The van der Waals surface area contributed by atoms with E-state index >= 15 is 0 Å². The molecule has 2 atom stereocenters. The second kappa shape index (κ2) is 6.04. The zero-order valence-electron chi connectivity index (χ0n) is 11.7. The van der Waals surface area contributed by atoms with Gasteiger partial charge >= 0.3 is 6.36 Å². The van der Waals surface area contributed by atoms with Gasteiger partial charge in [0.15, 0.2) is 0 Å². The van der Waals surface area contributed by atoms with E-state index in [-0.39, 0.29) is 11.7 Å². The first-order valence-electron chi connectivity index (χ1n) is 6.92. The van der Waals surface area contributed by atoms with Gasteiger partial charge in [0.1, 0.15) is 5.75 Å². The first-order chi connectivity index (χ1) is 9.37. The summed E-state index contributed by atoms with van der Waals surface area (Å²) < 4.78 is 41.2. The summed E-state index contributed by atoms with van der Waals surface area (Å²) in [6.45, 7) is 6.04. The maximum Gasteiger partial charge on any atom is 0.573 e. The molecule has 0 radical (unpaired) electrons. The van der Waals surface area contributed by atoms with Gasteiger partial charge in [0, 0.05) is 0 Å². The minimum Gasteiger partial charge on any atom is -0.405 e. The normalized spacial score (nSPS) is 22.1. The van der Waals surface area contributed by atoms with Crippen LogP contribution in [0.15, 0.2) is 24.3 Å². The maximum atomic E-state index is 12.4. The molecule has 1 fully saturated rings. The molecular weight excluding hydrogens is 267 g/mol. The number of hydrogen-bond acceptors (Lipinski definition) is 2. The van der Waals surface area contributed by atoms with Crippen molar-refractivity contribution in [2.75, 3.05) is 13.1 Å². The highest BCUT2D eigenvalue weighted by Crippen LogP contribution is 2.50. The molecule has 0 aliphatic heterocycles. The van der Waals surface area contributed by atoms with E-state index in [1.807, 2.05) is 0 Å². The molecule has 1 saturated carbocycles. The van der Waals surface area contributed by atoms with Crippen LogP contribution in [0.2, 0.25) is 0 Å². The van der Waals surface area contributed by atoms with E-state index in [1.54, 1.807) is 18.2 Å². The van der Waals surface area contributed by atoms with Crippen LogP contribution in [0.5, 0.6) is 5.75 Å². The molecule has 2 rings (SSSR count). The lowest BCUT2D eigenvalue weighted by atomic mass is 10.1. The lowest BCUT2D eigenvalue weighted by Gasteiger charge is -2.13. The van der Waals surface area contributed by atoms with Crippen LogP contribution < -0.4 is 10.1 Å². The van der Waals surface area contributed by atoms with Crippen LogP contribution in [-0.2, 0) is 0 Å². The molecule has 1 aromatic carbocycles. The van der Waals surface area contributed by atoms with Gasteiger partial charge in [-0.25, -0.2) is 0 Å². The molecule has 2 unspecified atom stereocenters. The smallest absolute Gasteiger partial charge is 0.405 e. The van der Waals surface area contributed by atoms with E-state index in [2.05, 4.69) is 23.9 Å². The lowest BCUT2D eigenvalue weighted by Crippen LogP contribution is -2.22. The monoisotopic (exact) mass is 287 g/mol. The highest BCUT2D eigenvalue weighted by Gasteiger charge is 2.41. The molecule has 1 aliphatic carbocycles. The van der Waals surface area contributed by atoms with Gasteiger partial charge in [-0.3, -0.25) is 0 Å². The number of ether oxygens (including phenoxy) is 1. The highest BCUT2D eigenvalue weighted by molar-refractivity contribution is 5.39. The molecule has 1 N–H and O–H groups in total. The van der Waals surface area contributed by atoms with Crippen LogP contribution >= 0.6 is 0 Å². The van der Waals surface area contributed by atoms with Crippen LogP contribution in [0, 0.1) is 11.8 Å². The number of halogens is 3. The summed E-state index contributed by atoms with van der Waals surface area (Å²) in [4.78, 5) is 0. The number of nitrogens with one attached hydrogen (secondary N) is 1. The van der Waals surface area contributed by atoms with Crippen molar-refractivity contribution in [3.8, 4) is 5.75 Å². The van der Waals surface area contributed by atoms with E-state index in [0.29, 0.717) is 17.4 Å². The van der Waals surface area contributed by atoms with Crippen molar-refractivity contribution in [1.29, 1.82) is 0 Å². The third kappa shape index (κ3) is 4.40. The van der Waals surface area contributed by atoms with Crippen molar-refractivity contribution in [2.45, 2.75) is 32.5 Å². The molecule has 0 amide bonds. The Kier molecular flexibility index (Phi) is 4.58. The quantitative estimate of drug-likeness (QED) is 0.856. The SMILES string of the molecule is CC(C)CNCC1CC1c1ccccc1OC(F)(F)F. The molecular formula is C15H20F3NO. The number of rotatable bonds is 6. The van der Waals surface area contributed by atoms with Crippen molar-refractivity contribution in [1.82, 2.24) is 5.32 Å². The first kappa shape index (κ1) is 15.2. The standard InChI is InChI=1S/C15H20F3NO/c1-10(2)8-19-9-11-7-13(11)12-5-3-4-6-14(12)20-15(16,17)18/h3-6,10-11,13,19H,7-9H2,1-2H3. The van der Waals surface area contributed by atoms with Gasteiger partial charge in [0.25, 0.3) is 0 Å². The average molecular weight is 287 g/mol. The second-order valence-electron chi connectivity index (χ2n) is 5.74. The van der Waals surface area contributed by atoms with Gasteiger partial charge in [-0.1, -0.05) is 32.0 Å². The summed E-state index contributed by atoms with van der Waals surface area (Å²) in [5.74, 6) is 1.10. The Balaban J connectivity index is 1.94. The Morgan fingerprint density at radius 2 is 2.00 bits per heavy atom. The van der Waals surface area contributed by atoms with Crippen molar-refractivity contribution in [3.63, 3.8) is 0 Å². The Morgan fingerprint density at radius 1 is 1.30 bits per heavy atom. The van der Waals surface area contributed by atoms with Crippen LogP contribution in [0.25, 0.3) is 0 Å². The number of para-hydroxylation sites is 1. The van der Waals surface area contributed by atoms with Crippen LogP contribution in [0.3, 0.4) is 0 Å². The maximum absolute atomic E-state index is 12.4. The molecule has 2 nitrogen and oxygen atoms in total. The van der Waals surface area contributed by atoms with Gasteiger partial charge in [-0.15, -0.1) is 13.2 Å². The minimum absolute atomic E-state index is 0.0589. The zero-order valence-corrected chi connectivity index (χ0v) is 11.7. The molecule has 1 aliphatic rings. The highest BCUT2D eigenvalue weighted by atomic mass is 19.4. The van der Waals surface area contributed by atoms with Gasteiger partial charge in [0.2, 0.25) is 0 Å². The second-order valence-corrected chi connectivity index (χ2v) is 5.74. The largest absolute Gasteiger partial charge is 0.573 e. The predicted octanol–water partition coefficient (Wildman–Crippen LogP) is 3.93. The lowest BCUT2D eigenvalue weighted by molar-refractivity contribution is -0.274. The Morgan fingerprint density at radius 3 is 2.65 bits per heavy atom. The third-order valence-electron chi connectivity index (χ3n) is 3.43. The van der Waals surface area contributed by atoms with Crippen LogP contribution in [0.1, 0.15) is 31.7 Å². The van der Waals surface area contributed by atoms with E-state index in [4.69, 9.17) is 0 Å². The zero-order chi connectivity index (χ0) is 14.8. The molecule has 0 bridgehead atoms.